The molecule has 0 atom stereocenters. The third-order valence-electron chi connectivity index (χ3n) is 3.58. The minimum Gasteiger partial charge on any atom is -0.341 e. The Bertz CT molecular complexity index is 699. The van der Waals surface area contributed by atoms with Crippen molar-refractivity contribution in [3.63, 3.8) is 0 Å². The van der Waals surface area contributed by atoms with Crippen molar-refractivity contribution in [2.45, 2.75) is 19.0 Å². The van der Waals surface area contributed by atoms with Gasteiger partial charge in [0.15, 0.2) is 0 Å². The smallest absolute Gasteiger partial charge is 0.341 e. The highest BCUT2D eigenvalue weighted by atomic mass is 35.5. The number of nitrogens with zero attached hydrogens (tertiary/aromatic N) is 3. The molecule has 1 saturated heterocycles. The van der Waals surface area contributed by atoms with Gasteiger partial charge >= 0.3 is 6.18 Å². The number of aromatic nitrogens is 2. The molecule has 1 aliphatic heterocycles. The molecule has 0 radical (unpaired) electrons. The monoisotopic (exact) mass is 342 g/mol. The van der Waals surface area contributed by atoms with Crippen LogP contribution in [0.25, 0.3) is 0 Å². The summed E-state index contributed by atoms with van der Waals surface area (Å²) < 4.78 is 39.3. The van der Waals surface area contributed by atoms with Crippen LogP contribution in [0.3, 0.4) is 0 Å². The molecule has 23 heavy (non-hydrogen) atoms. The van der Waals surface area contributed by atoms with Gasteiger partial charge in [0.2, 0.25) is 5.95 Å². The van der Waals surface area contributed by atoms with E-state index in [1.54, 1.807) is 0 Å². The highest BCUT2D eigenvalue weighted by molar-refractivity contribution is 6.30. The van der Waals surface area contributed by atoms with Crippen LogP contribution in [0.1, 0.15) is 18.4 Å². The number of benzene rings is 1. The minimum absolute atomic E-state index is 0.0309. The van der Waals surface area contributed by atoms with Gasteiger partial charge in [-0.15, -0.1) is 0 Å². The van der Waals surface area contributed by atoms with Crippen LogP contribution in [0.4, 0.5) is 30.6 Å². The average molecular weight is 343 g/mol. The topological polar surface area (TPSA) is 41.1 Å². The molecule has 4 nitrogen and oxygen atoms in total. The van der Waals surface area contributed by atoms with Gasteiger partial charge in [-0.05, 0) is 37.1 Å². The quantitative estimate of drug-likeness (QED) is 0.892. The van der Waals surface area contributed by atoms with Gasteiger partial charge in [0.1, 0.15) is 5.82 Å². The number of halogens is 4. The fraction of sp³-hybridized carbons (Fsp3) is 0.333. The standard InChI is InChI=1S/C15H14ClF3N4/c16-10-3-4-12(11(9-10)15(17,18)19)21-13-5-6-20-14(22-13)23-7-1-2-8-23/h3-6,9H,1-2,7-8H2,(H,20,21,22). The summed E-state index contributed by atoms with van der Waals surface area (Å²) in [6.07, 6.45) is -0.836. The Balaban J connectivity index is 1.89. The zero-order chi connectivity index (χ0) is 16.4. The van der Waals surface area contributed by atoms with Crippen LogP contribution >= 0.6 is 11.6 Å². The van der Waals surface area contributed by atoms with Crippen molar-refractivity contribution in [3.8, 4) is 0 Å². The predicted octanol–water partition coefficient (Wildman–Crippen LogP) is 4.49. The number of nitrogens with one attached hydrogen (secondary N) is 1. The molecule has 0 amide bonds. The van der Waals surface area contributed by atoms with E-state index < -0.39 is 11.7 Å². The fourth-order valence-electron chi connectivity index (χ4n) is 2.49. The van der Waals surface area contributed by atoms with E-state index in [9.17, 15) is 13.2 Å². The van der Waals surface area contributed by atoms with E-state index in [0.717, 1.165) is 32.0 Å². The Labute approximate surface area is 136 Å². The maximum atomic E-state index is 13.1. The number of hydrogen-bond acceptors (Lipinski definition) is 4. The van der Waals surface area contributed by atoms with E-state index in [1.165, 1.54) is 24.4 Å². The normalized spacial score (nSPS) is 15.0. The van der Waals surface area contributed by atoms with Gasteiger partial charge in [-0.2, -0.15) is 18.2 Å². The lowest BCUT2D eigenvalue weighted by atomic mass is 10.1. The SMILES string of the molecule is FC(F)(F)c1cc(Cl)ccc1Nc1ccnc(N2CCCC2)n1. The summed E-state index contributed by atoms with van der Waals surface area (Å²) in [6, 6.07) is 5.13. The van der Waals surface area contributed by atoms with Crippen LogP contribution in [0.5, 0.6) is 0 Å². The van der Waals surface area contributed by atoms with Gasteiger partial charge in [0.05, 0.1) is 11.3 Å². The van der Waals surface area contributed by atoms with Crippen LogP contribution < -0.4 is 10.2 Å². The van der Waals surface area contributed by atoms with Crippen molar-refractivity contribution in [1.29, 1.82) is 0 Å². The van der Waals surface area contributed by atoms with Crippen LogP contribution in [-0.2, 0) is 6.18 Å². The summed E-state index contributed by atoms with van der Waals surface area (Å²) in [5.74, 6) is 0.838. The molecule has 3 rings (SSSR count). The third kappa shape index (κ3) is 3.67. The molecule has 0 aliphatic carbocycles. The highest BCUT2D eigenvalue weighted by Gasteiger charge is 2.34. The predicted molar refractivity (Wildman–Crippen MR) is 83.2 cm³/mol. The Kier molecular flexibility index (Phi) is 4.30. The van der Waals surface area contributed by atoms with Gasteiger partial charge in [-0.25, -0.2) is 4.98 Å². The Morgan fingerprint density at radius 2 is 1.87 bits per heavy atom. The molecule has 1 aromatic heterocycles. The first-order chi connectivity index (χ1) is 10.9. The molecule has 1 N–H and O–H groups in total. The van der Waals surface area contributed by atoms with Crippen LogP contribution in [0.2, 0.25) is 5.02 Å². The maximum Gasteiger partial charge on any atom is 0.418 e. The molecule has 0 unspecified atom stereocenters. The van der Waals surface area contributed by atoms with Crippen LogP contribution in [-0.4, -0.2) is 23.1 Å². The molecular formula is C15H14ClF3N4. The van der Waals surface area contributed by atoms with Gasteiger partial charge in [0.25, 0.3) is 0 Å². The van der Waals surface area contributed by atoms with Crippen molar-refractivity contribution in [3.05, 3.63) is 41.0 Å². The first-order valence-electron chi connectivity index (χ1n) is 7.15. The highest BCUT2D eigenvalue weighted by Crippen LogP contribution is 2.37. The summed E-state index contributed by atoms with van der Waals surface area (Å²) in [7, 11) is 0. The van der Waals surface area contributed by atoms with E-state index in [0.29, 0.717) is 11.8 Å². The van der Waals surface area contributed by atoms with Crippen molar-refractivity contribution < 1.29 is 13.2 Å². The molecule has 8 heteroatoms. The van der Waals surface area contributed by atoms with E-state index in [4.69, 9.17) is 11.6 Å². The number of hydrogen-bond donors (Lipinski definition) is 1. The second-order valence-corrected chi connectivity index (χ2v) is 5.69. The zero-order valence-electron chi connectivity index (χ0n) is 12.1. The third-order valence-corrected chi connectivity index (χ3v) is 3.82. The second kappa shape index (κ2) is 6.23. The van der Waals surface area contributed by atoms with E-state index in [-0.39, 0.29) is 10.7 Å². The first-order valence-corrected chi connectivity index (χ1v) is 7.53. The molecule has 2 aromatic rings. The van der Waals surface area contributed by atoms with Crippen molar-refractivity contribution >= 4 is 29.1 Å². The molecule has 2 heterocycles. The molecular weight excluding hydrogens is 329 g/mol. The van der Waals surface area contributed by atoms with Gasteiger partial charge in [0, 0.05) is 24.3 Å². The lowest BCUT2D eigenvalue weighted by molar-refractivity contribution is -0.136. The summed E-state index contributed by atoms with van der Waals surface area (Å²) in [6.45, 7) is 1.72. The largest absolute Gasteiger partial charge is 0.418 e. The van der Waals surface area contributed by atoms with Crippen LogP contribution in [0.15, 0.2) is 30.5 Å². The molecule has 0 bridgehead atoms. The molecule has 0 saturated carbocycles. The molecule has 122 valence electrons. The molecule has 1 aliphatic rings. The molecule has 1 fully saturated rings. The van der Waals surface area contributed by atoms with E-state index in [2.05, 4.69) is 15.3 Å². The number of anilines is 3. The van der Waals surface area contributed by atoms with E-state index >= 15 is 0 Å². The Morgan fingerprint density at radius 3 is 2.57 bits per heavy atom. The number of alkyl halides is 3. The zero-order valence-corrected chi connectivity index (χ0v) is 12.8. The minimum atomic E-state index is -4.50. The second-order valence-electron chi connectivity index (χ2n) is 5.25. The van der Waals surface area contributed by atoms with Crippen LogP contribution in [0, 0.1) is 0 Å². The first kappa shape index (κ1) is 15.9. The Hall–Kier alpha value is -2.02. The van der Waals surface area contributed by atoms with E-state index in [1.807, 2.05) is 4.90 Å². The fourth-order valence-corrected chi connectivity index (χ4v) is 2.66. The lowest BCUT2D eigenvalue weighted by Gasteiger charge is -2.17. The van der Waals surface area contributed by atoms with Gasteiger partial charge in [-0.3, -0.25) is 0 Å². The van der Waals surface area contributed by atoms with Crippen molar-refractivity contribution in [2.24, 2.45) is 0 Å². The van der Waals surface area contributed by atoms with Crippen molar-refractivity contribution in [1.82, 2.24) is 9.97 Å². The summed E-state index contributed by atoms with van der Waals surface area (Å²) in [5, 5.41) is 2.74. The molecule has 1 aromatic carbocycles. The summed E-state index contributed by atoms with van der Waals surface area (Å²) in [4.78, 5) is 10.5. The lowest BCUT2D eigenvalue weighted by Crippen LogP contribution is -2.20. The summed E-state index contributed by atoms with van der Waals surface area (Å²) >= 11 is 5.68. The molecule has 0 spiro atoms. The average Bonchev–Trinajstić information content (AvgIpc) is 3.03. The number of rotatable bonds is 3. The Morgan fingerprint density at radius 1 is 1.13 bits per heavy atom. The summed E-state index contributed by atoms with van der Waals surface area (Å²) in [5.41, 5.74) is -0.917. The maximum absolute atomic E-state index is 13.1. The van der Waals surface area contributed by atoms with Gasteiger partial charge in [-0.1, -0.05) is 11.6 Å². The van der Waals surface area contributed by atoms with Gasteiger partial charge < -0.3 is 10.2 Å². The van der Waals surface area contributed by atoms with Crippen molar-refractivity contribution in [2.75, 3.05) is 23.3 Å².